The number of aliphatic hydroxyl groups excluding tert-OH is 1. The second-order valence-electron chi connectivity index (χ2n) is 7.19. The zero-order chi connectivity index (χ0) is 12.9. The van der Waals surface area contributed by atoms with Crippen LogP contribution in [0.3, 0.4) is 0 Å². The Balaban J connectivity index is 1.75. The molecule has 0 aromatic rings. The van der Waals surface area contributed by atoms with Crippen molar-refractivity contribution in [2.75, 3.05) is 19.7 Å². The largest absolute Gasteiger partial charge is 0.396 e. The third-order valence-corrected chi connectivity index (χ3v) is 5.36. The molecule has 2 fully saturated rings. The molecule has 2 nitrogen and oxygen atoms in total. The predicted molar refractivity (Wildman–Crippen MR) is 76.7 cm³/mol. The van der Waals surface area contributed by atoms with Crippen LogP contribution in [0.25, 0.3) is 0 Å². The van der Waals surface area contributed by atoms with Gasteiger partial charge in [-0.05, 0) is 31.1 Å². The first-order valence-corrected chi connectivity index (χ1v) is 8.00. The number of hydrogen-bond donors (Lipinski definition) is 2. The third-order valence-electron chi connectivity index (χ3n) is 5.36. The standard InChI is InChI=1S/C16H31NO/c1-15(8-4-2-5-9-15)12-17-13-16(14-18)10-6-3-7-11-16/h17-18H,2-14H2,1H3. The SMILES string of the molecule is CC1(CNCC2(CO)CCCCC2)CCCCC1. The second-order valence-corrected chi connectivity index (χ2v) is 7.19. The van der Waals surface area contributed by atoms with Crippen LogP contribution < -0.4 is 5.32 Å². The van der Waals surface area contributed by atoms with Crippen LogP contribution in [0.1, 0.15) is 71.1 Å². The van der Waals surface area contributed by atoms with Crippen LogP contribution in [0.4, 0.5) is 0 Å². The molecular formula is C16H31NO. The van der Waals surface area contributed by atoms with E-state index in [9.17, 15) is 5.11 Å². The van der Waals surface area contributed by atoms with E-state index >= 15 is 0 Å². The summed E-state index contributed by atoms with van der Waals surface area (Å²) in [4.78, 5) is 0. The molecule has 2 aliphatic rings. The molecule has 0 bridgehead atoms. The number of nitrogens with one attached hydrogen (secondary N) is 1. The summed E-state index contributed by atoms with van der Waals surface area (Å²) in [5, 5.41) is 13.4. The molecule has 18 heavy (non-hydrogen) atoms. The molecular weight excluding hydrogens is 222 g/mol. The molecule has 2 rings (SSSR count). The Morgan fingerprint density at radius 3 is 1.94 bits per heavy atom. The van der Waals surface area contributed by atoms with Crippen molar-refractivity contribution in [1.82, 2.24) is 5.32 Å². The van der Waals surface area contributed by atoms with E-state index in [2.05, 4.69) is 12.2 Å². The van der Waals surface area contributed by atoms with Gasteiger partial charge in [0.15, 0.2) is 0 Å². The average molecular weight is 253 g/mol. The summed E-state index contributed by atoms with van der Waals surface area (Å²) < 4.78 is 0. The maximum absolute atomic E-state index is 9.70. The molecule has 2 aliphatic carbocycles. The molecule has 2 saturated carbocycles. The fraction of sp³-hybridized carbons (Fsp3) is 1.00. The van der Waals surface area contributed by atoms with Crippen LogP contribution in [0.5, 0.6) is 0 Å². The lowest BCUT2D eigenvalue weighted by molar-refractivity contribution is 0.0758. The van der Waals surface area contributed by atoms with Gasteiger partial charge in [-0.25, -0.2) is 0 Å². The molecule has 0 aliphatic heterocycles. The highest BCUT2D eigenvalue weighted by Crippen LogP contribution is 2.37. The Labute approximate surface area is 113 Å². The van der Waals surface area contributed by atoms with Crippen LogP contribution in [-0.2, 0) is 0 Å². The molecule has 2 heteroatoms. The number of aliphatic hydroxyl groups is 1. The summed E-state index contributed by atoms with van der Waals surface area (Å²) in [6.45, 7) is 4.98. The van der Waals surface area contributed by atoms with Crippen LogP contribution in [0.2, 0.25) is 0 Å². The van der Waals surface area contributed by atoms with Crippen molar-refractivity contribution in [3.05, 3.63) is 0 Å². The van der Waals surface area contributed by atoms with Gasteiger partial charge in [0.25, 0.3) is 0 Å². The first-order chi connectivity index (χ1) is 8.68. The zero-order valence-corrected chi connectivity index (χ0v) is 12.1. The van der Waals surface area contributed by atoms with Gasteiger partial charge in [-0.15, -0.1) is 0 Å². The van der Waals surface area contributed by atoms with Gasteiger partial charge in [-0.3, -0.25) is 0 Å². The molecule has 0 heterocycles. The van der Waals surface area contributed by atoms with E-state index in [1.807, 2.05) is 0 Å². The highest BCUT2D eigenvalue weighted by atomic mass is 16.3. The first kappa shape index (κ1) is 14.3. The van der Waals surface area contributed by atoms with E-state index in [0.29, 0.717) is 12.0 Å². The lowest BCUT2D eigenvalue weighted by Gasteiger charge is -2.39. The van der Waals surface area contributed by atoms with Crippen molar-refractivity contribution in [2.24, 2.45) is 10.8 Å². The average Bonchev–Trinajstić information content (AvgIpc) is 2.40. The lowest BCUT2D eigenvalue weighted by atomic mass is 9.73. The van der Waals surface area contributed by atoms with Crippen molar-refractivity contribution in [3.8, 4) is 0 Å². The van der Waals surface area contributed by atoms with E-state index in [1.54, 1.807) is 0 Å². The second kappa shape index (κ2) is 6.38. The lowest BCUT2D eigenvalue weighted by Crippen LogP contribution is -2.43. The maximum Gasteiger partial charge on any atom is 0.0499 e. The summed E-state index contributed by atoms with van der Waals surface area (Å²) in [5.41, 5.74) is 0.715. The van der Waals surface area contributed by atoms with Crippen molar-refractivity contribution in [1.29, 1.82) is 0 Å². The van der Waals surface area contributed by atoms with Crippen LogP contribution in [0, 0.1) is 10.8 Å². The topological polar surface area (TPSA) is 32.3 Å². The van der Waals surface area contributed by atoms with E-state index in [-0.39, 0.29) is 5.41 Å². The van der Waals surface area contributed by atoms with Gasteiger partial charge in [0, 0.05) is 25.1 Å². The van der Waals surface area contributed by atoms with E-state index in [1.165, 1.54) is 64.2 Å². The molecule has 0 spiro atoms. The Morgan fingerprint density at radius 2 is 1.39 bits per heavy atom. The smallest absolute Gasteiger partial charge is 0.0499 e. The van der Waals surface area contributed by atoms with Crippen LogP contribution in [-0.4, -0.2) is 24.8 Å². The van der Waals surface area contributed by atoms with Crippen molar-refractivity contribution < 1.29 is 5.11 Å². The maximum atomic E-state index is 9.70. The molecule has 0 radical (unpaired) electrons. The van der Waals surface area contributed by atoms with Gasteiger partial charge >= 0.3 is 0 Å². The fourth-order valence-electron chi connectivity index (χ4n) is 3.90. The van der Waals surface area contributed by atoms with Gasteiger partial charge in [-0.2, -0.15) is 0 Å². The van der Waals surface area contributed by atoms with E-state index in [0.717, 1.165) is 13.1 Å². The number of hydrogen-bond acceptors (Lipinski definition) is 2. The first-order valence-electron chi connectivity index (χ1n) is 8.00. The molecule has 0 aromatic carbocycles. The Morgan fingerprint density at radius 1 is 0.833 bits per heavy atom. The van der Waals surface area contributed by atoms with Crippen molar-refractivity contribution in [2.45, 2.75) is 71.1 Å². The van der Waals surface area contributed by atoms with Gasteiger partial charge in [0.05, 0.1) is 0 Å². The van der Waals surface area contributed by atoms with Crippen molar-refractivity contribution in [3.63, 3.8) is 0 Å². The molecule has 106 valence electrons. The summed E-state index contributed by atoms with van der Waals surface area (Å²) >= 11 is 0. The Kier molecular flexibility index (Phi) is 5.08. The monoisotopic (exact) mass is 253 g/mol. The fourth-order valence-corrected chi connectivity index (χ4v) is 3.90. The summed E-state index contributed by atoms with van der Waals surface area (Å²) in [6, 6.07) is 0. The molecule has 0 saturated heterocycles. The van der Waals surface area contributed by atoms with Gasteiger partial charge in [-0.1, -0.05) is 45.4 Å². The quantitative estimate of drug-likeness (QED) is 0.786. The third kappa shape index (κ3) is 3.71. The minimum atomic E-state index is 0.198. The molecule has 0 unspecified atom stereocenters. The summed E-state index contributed by atoms with van der Waals surface area (Å²) in [6.07, 6.45) is 13.4. The Hall–Kier alpha value is -0.0800. The highest BCUT2D eigenvalue weighted by molar-refractivity contribution is 4.87. The van der Waals surface area contributed by atoms with Gasteiger partial charge in [0.2, 0.25) is 0 Å². The molecule has 0 amide bonds. The van der Waals surface area contributed by atoms with Crippen LogP contribution in [0.15, 0.2) is 0 Å². The molecule has 0 atom stereocenters. The number of rotatable bonds is 5. The molecule has 2 N–H and O–H groups in total. The summed E-state index contributed by atoms with van der Waals surface area (Å²) in [5.74, 6) is 0. The van der Waals surface area contributed by atoms with E-state index in [4.69, 9.17) is 0 Å². The highest BCUT2D eigenvalue weighted by Gasteiger charge is 2.32. The van der Waals surface area contributed by atoms with Gasteiger partial charge in [0.1, 0.15) is 0 Å². The summed E-state index contributed by atoms with van der Waals surface area (Å²) in [7, 11) is 0. The minimum Gasteiger partial charge on any atom is -0.396 e. The van der Waals surface area contributed by atoms with Crippen LogP contribution >= 0.6 is 0 Å². The van der Waals surface area contributed by atoms with Crippen molar-refractivity contribution >= 4 is 0 Å². The molecule has 0 aromatic heterocycles. The normalized spacial score (nSPS) is 27.0. The predicted octanol–water partition coefficient (Wildman–Crippen LogP) is 3.49. The minimum absolute atomic E-state index is 0.198. The zero-order valence-electron chi connectivity index (χ0n) is 12.1. The van der Waals surface area contributed by atoms with Gasteiger partial charge < -0.3 is 10.4 Å². The Bertz CT molecular complexity index is 239. The van der Waals surface area contributed by atoms with E-state index < -0.39 is 0 Å².